The topological polar surface area (TPSA) is 50.4 Å². The Kier molecular flexibility index (Phi) is 6.42. The molecule has 4 heteroatoms. The van der Waals surface area contributed by atoms with E-state index < -0.39 is 0 Å². The van der Waals surface area contributed by atoms with Crippen LogP contribution in [0, 0.1) is 5.92 Å². The average Bonchev–Trinajstić information content (AvgIpc) is 2.28. The molecule has 2 N–H and O–H groups in total. The van der Waals surface area contributed by atoms with Crippen LogP contribution >= 0.6 is 0 Å². The summed E-state index contributed by atoms with van der Waals surface area (Å²) < 4.78 is 4.93. The highest BCUT2D eigenvalue weighted by atomic mass is 16.5. The minimum atomic E-state index is 0.155. The van der Waals surface area contributed by atoms with Gasteiger partial charge in [-0.25, -0.2) is 0 Å². The van der Waals surface area contributed by atoms with Crippen LogP contribution in [0.3, 0.4) is 0 Å². The largest absolute Gasteiger partial charge is 0.385 e. The van der Waals surface area contributed by atoms with E-state index >= 15 is 0 Å². The third kappa shape index (κ3) is 4.94. The van der Waals surface area contributed by atoms with Gasteiger partial charge in [-0.05, 0) is 31.7 Å². The maximum absolute atomic E-state index is 11.6. The molecule has 1 aliphatic rings. The van der Waals surface area contributed by atoms with E-state index in [9.17, 15) is 4.79 Å². The van der Waals surface area contributed by atoms with E-state index in [0.29, 0.717) is 31.5 Å². The number of carbonyl (C=O) groups is 1. The van der Waals surface area contributed by atoms with E-state index in [-0.39, 0.29) is 5.91 Å². The van der Waals surface area contributed by atoms with E-state index in [4.69, 9.17) is 4.74 Å². The molecule has 1 amide bonds. The van der Waals surface area contributed by atoms with Gasteiger partial charge in [0, 0.05) is 32.7 Å². The first-order valence-electron chi connectivity index (χ1n) is 6.23. The summed E-state index contributed by atoms with van der Waals surface area (Å²) in [6.07, 6.45) is 3.95. The number of amides is 1. The van der Waals surface area contributed by atoms with Gasteiger partial charge < -0.3 is 15.4 Å². The fourth-order valence-electron chi connectivity index (χ4n) is 2.10. The Morgan fingerprint density at radius 2 is 2.38 bits per heavy atom. The van der Waals surface area contributed by atoms with Crippen LogP contribution in [0.4, 0.5) is 0 Å². The van der Waals surface area contributed by atoms with Crippen LogP contribution in [0.1, 0.15) is 32.6 Å². The number of rotatable bonds is 6. The van der Waals surface area contributed by atoms with Crippen LogP contribution in [0.25, 0.3) is 0 Å². The zero-order valence-corrected chi connectivity index (χ0v) is 10.4. The van der Waals surface area contributed by atoms with E-state index in [1.165, 1.54) is 12.8 Å². The van der Waals surface area contributed by atoms with Crippen LogP contribution in [0.5, 0.6) is 0 Å². The van der Waals surface area contributed by atoms with Gasteiger partial charge in [-0.1, -0.05) is 6.92 Å². The Labute approximate surface area is 98.1 Å². The number of nitrogens with one attached hydrogen (secondary N) is 2. The third-order valence-corrected chi connectivity index (χ3v) is 3.18. The van der Waals surface area contributed by atoms with Crippen molar-refractivity contribution >= 4 is 5.91 Å². The maximum Gasteiger partial charge on any atom is 0.221 e. The summed E-state index contributed by atoms with van der Waals surface area (Å²) in [5.41, 5.74) is 0. The van der Waals surface area contributed by atoms with Crippen LogP contribution in [-0.2, 0) is 9.53 Å². The van der Waals surface area contributed by atoms with Gasteiger partial charge in [0.1, 0.15) is 0 Å². The van der Waals surface area contributed by atoms with Crippen molar-refractivity contribution in [3.8, 4) is 0 Å². The second kappa shape index (κ2) is 7.63. The van der Waals surface area contributed by atoms with Gasteiger partial charge in [-0.2, -0.15) is 0 Å². The van der Waals surface area contributed by atoms with Gasteiger partial charge in [-0.15, -0.1) is 0 Å². The fraction of sp³-hybridized carbons (Fsp3) is 0.917. The smallest absolute Gasteiger partial charge is 0.221 e. The van der Waals surface area contributed by atoms with Crippen molar-refractivity contribution in [3.63, 3.8) is 0 Å². The molecule has 0 aliphatic carbocycles. The van der Waals surface area contributed by atoms with Crippen molar-refractivity contribution < 1.29 is 9.53 Å². The minimum absolute atomic E-state index is 0.155. The molecule has 1 fully saturated rings. The molecule has 2 unspecified atom stereocenters. The molecule has 0 aromatic heterocycles. The summed E-state index contributed by atoms with van der Waals surface area (Å²) in [5.74, 6) is 0.765. The van der Waals surface area contributed by atoms with E-state index in [1.54, 1.807) is 7.11 Å². The van der Waals surface area contributed by atoms with Crippen molar-refractivity contribution in [3.05, 3.63) is 0 Å². The summed E-state index contributed by atoms with van der Waals surface area (Å²) >= 11 is 0. The Morgan fingerprint density at radius 1 is 1.56 bits per heavy atom. The van der Waals surface area contributed by atoms with E-state index in [2.05, 4.69) is 17.6 Å². The number of piperidine rings is 1. The molecule has 0 aromatic rings. The average molecular weight is 228 g/mol. The highest BCUT2D eigenvalue weighted by Gasteiger charge is 2.22. The first kappa shape index (κ1) is 13.5. The minimum Gasteiger partial charge on any atom is -0.385 e. The maximum atomic E-state index is 11.6. The summed E-state index contributed by atoms with van der Waals surface area (Å²) in [6.45, 7) is 4.69. The number of methoxy groups -OCH3 is 1. The standard InChI is InChI=1S/C12H24N2O2/c1-10-5-3-6-13-11(10)9-12(15)14-7-4-8-16-2/h10-11,13H,3-9H2,1-2H3,(H,14,15). The molecule has 0 aromatic carbocycles. The normalized spacial score (nSPS) is 25.4. The predicted octanol–water partition coefficient (Wildman–Crippen LogP) is 0.917. The molecule has 0 spiro atoms. The van der Waals surface area contributed by atoms with Crippen molar-refractivity contribution in [2.75, 3.05) is 26.8 Å². The highest BCUT2D eigenvalue weighted by Crippen LogP contribution is 2.17. The second-order valence-electron chi connectivity index (χ2n) is 4.58. The van der Waals surface area contributed by atoms with Crippen molar-refractivity contribution in [1.29, 1.82) is 0 Å². The van der Waals surface area contributed by atoms with Gasteiger partial charge in [0.2, 0.25) is 5.91 Å². The van der Waals surface area contributed by atoms with Crippen molar-refractivity contribution in [2.24, 2.45) is 5.92 Å². The zero-order chi connectivity index (χ0) is 11.8. The highest BCUT2D eigenvalue weighted by molar-refractivity contribution is 5.76. The summed E-state index contributed by atoms with van der Waals surface area (Å²) in [5, 5.41) is 6.34. The molecule has 1 saturated heterocycles. The van der Waals surface area contributed by atoms with Crippen LogP contribution in [-0.4, -0.2) is 38.8 Å². The lowest BCUT2D eigenvalue weighted by molar-refractivity contribution is -0.122. The molecule has 1 rings (SSSR count). The lowest BCUT2D eigenvalue weighted by Gasteiger charge is -2.29. The van der Waals surface area contributed by atoms with Gasteiger partial charge in [0.25, 0.3) is 0 Å². The quantitative estimate of drug-likeness (QED) is 0.665. The second-order valence-corrected chi connectivity index (χ2v) is 4.58. The Balaban J connectivity index is 2.12. The molecule has 1 aliphatic heterocycles. The SMILES string of the molecule is COCCCNC(=O)CC1NCCCC1C. The van der Waals surface area contributed by atoms with Crippen LogP contribution in [0.2, 0.25) is 0 Å². The first-order chi connectivity index (χ1) is 7.74. The first-order valence-corrected chi connectivity index (χ1v) is 6.23. The number of hydrogen-bond donors (Lipinski definition) is 2. The van der Waals surface area contributed by atoms with E-state index in [0.717, 1.165) is 13.0 Å². The monoisotopic (exact) mass is 228 g/mol. The predicted molar refractivity (Wildman–Crippen MR) is 64.3 cm³/mol. The molecule has 0 saturated carbocycles. The molecular weight excluding hydrogens is 204 g/mol. The number of carbonyl (C=O) groups excluding carboxylic acids is 1. The summed E-state index contributed by atoms with van der Waals surface area (Å²) in [7, 11) is 1.68. The van der Waals surface area contributed by atoms with Crippen molar-refractivity contribution in [1.82, 2.24) is 10.6 Å². The zero-order valence-electron chi connectivity index (χ0n) is 10.4. The Bertz CT molecular complexity index is 209. The van der Waals surface area contributed by atoms with Gasteiger partial charge in [0.05, 0.1) is 0 Å². The third-order valence-electron chi connectivity index (χ3n) is 3.18. The molecule has 4 nitrogen and oxygen atoms in total. The molecule has 16 heavy (non-hydrogen) atoms. The van der Waals surface area contributed by atoms with Gasteiger partial charge in [-0.3, -0.25) is 4.79 Å². The van der Waals surface area contributed by atoms with E-state index in [1.807, 2.05) is 0 Å². The molecule has 1 heterocycles. The molecule has 94 valence electrons. The summed E-state index contributed by atoms with van der Waals surface area (Å²) in [4.78, 5) is 11.6. The molecule has 2 atom stereocenters. The summed E-state index contributed by atoms with van der Waals surface area (Å²) in [6, 6.07) is 0.358. The Morgan fingerprint density at radius 3 is 3.06 bits per heavy atom. The van der Waals surface area contributed by atoms with Crippen LogP contribution < -0.4 is 10.6 Å². The number of ether oxygens (including phenoxy) is 1. The molecular formula is C12H24N2O2. The Hall–Kier alpha value is -0.610. The van der Waals surface area contributed by atoms with Crippen molar-refractivity contribution in [2.45, 2.75) is 38.6 Å². The molecule has 0 radical (unpaired) electrons. The number of hydrogen-bond acceptors (Lipinski definition) is 3. The van der Waals surface area contributed by atoms with Gasteiger partial charge in [0.15, 0.2) is 0 Å². The lowest BCUT2D eigenvalue weighted by atomic mass is 9.90. The van der Waals surface area contributed by atoms with Gasteiger partial charge >= 0.3 is 0 Å². The molecule has 0 bridgehead atoms. The van der Waals surface area contributed by atoms with Crippen LogP contribution in [0.15, 0.2) is 0 Å². The lowest BCUT2D eigenvalue weighted by Crippen LogP contribution is -2.43. The fourth-order valence-corrected chi connectivity index (χ4v) is 2.10.